The predicted molar refractivity (Wildman–Crippen MR) is 80.0 cm³/mol. The van der Waals surface area contributed by atoms with Gasteiger partial charge >= 0.3 is 29.6 Å². The first-order valence-electron chi connectivity index (χ1n) is 7.28. The van der Waals surface area contributed by atoms with Gasteiger partial charge in [0.2, 0.25) is 0 Å². The van der Waals surface area contributed by atoms with Crippen molar-refractivity contribution in [3.8, 4) is 0 Å². The largest absolute Gasteiger partial charge is 1.00 e. The molecule has 0 spiro atoms. The molecule has 2 rings (SSSR count). The first kappa shape index (κ1) is 16.8. The predicted octanol–water partition coefficient (Wildman–Crippen LogP) is 2.33. The molecule has 2 aromatic rings. The van der Waals surface area contributed by atoms with Crippen LogP contribution in [0.2, 0.25) is 0 Å². The van der Waals surface area contributed by atoms with Gasteiger partial charge in [0.25, 0.3) is 0 Å². The van der Waals surface area contributed by atoms with Gasteiger partial charge in [-0.05, 0) is 6.42 Å². The molecule has 19 heavy (non-hydrogen) atoms. The maximum absolute atomic E-state index is 3.64. The van der Waals surface area contributed by atoms with Gasteiger partial charge in [-0.2, -0.15) is 0 Å². The maximum Gasteiger partial charge on any atom is 1.00 e. The van der Waals surface area contributed by atoms with Crippen molar-refractivity contribution in [2.24, 2.45) is 0 Å². The van der Waals surface area contributed by atoms with Gasteiger partial charge in [0, 0.05) is 0 Å². The maximum atomic E-state index is 3.64. The summed E-state index contributed by atoms with van der Waals surface area (Å²) in [5.74, 6) is 0. The van der Waals surface area contributed by atoms with Crippen LogP contribution in [-0.2, 0) is 12.8 Å². The summed E-state index contributed by atoms with van der Waals surface area (Å²) >= 11 is 0. The first-order chi connectivity index (χ1) is 8.85. The van der Waals surface area contributed by atoms with Crippen molar-refractivity contribution >= 4 is 10.8 Å². The second-order valence-electron chi connectivity index (χ2n) is 5.07. The average molecular weight is 262 g/mol. The fourth-order valence-corrected chi connectivity index (χ4v) is 2.42. The summed E-state index contributed by atoms with van der Waals surface area (Å²) in [6, 6.07) is 14.6. The van der Waals surface area contributed by atoms with E-state index in [2.05, 4.69) is 50.2 Å². The third-order valence-corrected chi connectivity index (χ3v) is 3.54. The van der Waals surface area contributed by atoms with E-state index < -0.39 is 0 Å². The molecule has 0 heterocycles. The van der Waals surface area contributed by atoms with Gasteiger partial charge in [-0.1, -0.05) is 58.1 Å². The molecule has 0 saturated carbocycles. The Hall–Kier alpha value is -0.300. The van der Waals surface area contributed by atoms with Crippen molar-refractivity contribution in [1.82, 2.24) is 0 Å². The molecule has 0 aliphatic carbocycles. The molecule has 0 amide bonds. The topological polar surface area (TPSA) is 0 Å². The molecule has 0 aliphatic heterocycles. The fraction of sp³-hybridized carbons (Fsp3) is 0.444. The number of aryl methyl sites for hydroxylation is 2. The van der Waals surface area contributed by atoms with E-state index in [1.54, 1.807) is 0 Å². The number of hydrogen-bond acceptors (Lipinski definition) is 0. The molecule has 0 fully saturated rings. The minimum atomic E-state index is 0. The van der Waals surface area contributed by atoms with E-state index in [1.807, 2.05) is 0 Å². The van der Waals surface area contributed by atoms with Crippen LogP contribution in [0.1, 0.15) is 50.7 Å². The molecule has 0 atom stereocenters. The summed E-state index contributed by atoms with van der Waals surface area (Å²) in [6.07, 6.45) is 7.46. The van der Waals surface area contributed by atoms with Gasteiger partial charge < -0.3 is 0 Å². The zero-order chi connectivity index (χ0) is 12.8. The summed E-state index contributed by atoms with van der Waals surface area (Å²) in [7, 11) is 0. The van der Waals surface area contributed by atoms with Crippen LogP contribution >= 0.6 is 0 Å². The average Bonchev–Trinajstić information content (AvgIpc) is 2.42. The van der Waals surface area contributed by atoms with Gasteiger partial charge in [0.05, 0.1) is 0 Å². The van der Waals surface area contributed by atoms with Gasteiger partial charge in [-0.25, -0.2) is 0 Å². The molecule has 96 valence electrons. The van der Waals surface area contributed by atoms with Gasteiger partial charge in [0.15, 0.2) is 0 Å². The van der Waals surface area contributed by atoms with E-state index in [4.69, 9.17) is 0 Å². The Morgan fingerprint density at radius 2 is 1.63 bits per heavy atom. The minimum absolute atomic E-state index is 0. The second-order valence-corrected chi connectivity index (χ2v) is 5.07. The van der Waals surface area contributed by atoms with Crippen molar-refractivity contribution in [2.75, 3.05) is 0 Å². The van der Waals surface area contributed by atoms with Crippen LogP contribution in [0.4, 0.5) is 0 Å². The van der Waals surface area contributed by atoms with Crippen LogP contribution in [0.25, 0.3) is 10.8 Å². The van der Waals surface area contributed by atoms with Crippen molar-refractivity contribution in [3.63, 3.8) is 0 Å². The third kappa shape index (κ3) is 4.63. The molecule has 0 aromatic heterocycles. The van der Waals surface area contributed by atoms with Crippen LogP contribution < -0.4 is 29.6 Å². The summed E-state index contributed by atoms with van der Waals surface area (Å²) in [4.78, 5) is 0. The minimum Gasteiger partial charge on any atom is -0.143 e. The van der Waals surface area contributed by atoms with Crippen LogP contribution in [0.5, 0.6) is 0 Å². The number of rotatable bonds is 6. The fourth-order valence-electron chi connectivity index (χ4n) is 2.42. The third-order valence-electron chi connectivity index (χ3n) is 3.54. The Labute approximate surface area is 139 Å². The first-order valence-corrected chi connectivity index (χ1v) is 7.28. The van der Waals surface area contributed by atoms with E-state index in [0.717, 1.165) is 0 Å². The molecular formula is C18H23Na. The number of hydrogen-bond donors (Lipinski definition) is 0. The van der Waals surface area contributed by atoms with Crippen LogP contribution in [0.3, 0.4) is 0 Å². The molecule has 0 bridgehead atoms. The molecule has 0 aliphatic rings. The Morgan fingerprint density at radius 3 is 2.37 bits per heavy atom. The van der Waals surface area contributed by atoms with Crippen molar-refractivity contribution in [2.45, 2.75) is 52.4 Å². The summed E-state index contributed by atoms with van der Waals surface area (Å²) < 4.78 is 0. The Morgan fingerprint density at radius 1 is 0.947 bits per heavy atom. The SMILES string of the molecule is CCCCc1[c-]c2ccccc2cc1CCCC.[Na+]. The van der Waals surface area contributed by atoms with Gasteiger partial charge in [-0.3, -0.25) is 0 Å². The summed E-state index contributed by atoms with van der Waals surface area (Å²) in [5, 5.41) is 2.60. The molecule has 0 radical (unpaired) electrons. The quantitative estimate of drug-likeness (QED) is 0.554. The summed E-state index contributed by atoms with van der Waals surface area (Å²) in [6.45, 7) is 4.52. The summed E-state index contributed by atoms with van der Waals surface area (Å²) in [5.41, 5.74) is 2.97. The van der Waals surface area contributed by atoms with Crippen LogP contribution in [-0.4, -0.2) is 0 Å². The second kappa shape index (κ2) is 8.79. The van der Waals surface area contributed by atoms with Crippen LogP contribution in [0, 0.1) is 6.07 Å². The number of fused-ring (bicyclic) bond motifs is 1. The zero-order valence-electron chi connectivity index (χ0n) is 12.6. The standard InChI is InChI=1S/C18H23.Na/c1-3-5-9-15-13-17-11-7-8-12-18(17)14-16(15)10-6-4-2;/h7-8,11-13H,3-6,9-10H2,1-2H3;/q-1;+1. The smallest absolute Gasteiger partial charge is 0.143 e. The molecular weight excluding hydrogens is 239 g/mol. The Balaban J connectivity index is 0.00000180. The van der Waals surface area contributed by atoms with Crippen molar-refractivity contribution in [1.29, 1.82) is 0 Å². The van der Waals surface area contributed by atoms with E-state index in [0.29, 0.717) is 0 Å². The Bertz CT molecular complexity index is 456. The molecule has 0 N–H and O–H groups in total. The molecule has 0 unspecified atom stereocenters. The number of benzene rings is 2. The van der Waals surface area contributed by atoms with E-state index in [-0.39, 0.29) is 29.6 Å². The van der Waals surface area contributed by atoms with E-state index in [9.17, 15) is 0 Å². The van der Waals surface area contributed by atoms with Crippen LogP contribution in [0.15, 0.2) is 30.3 Å². The monoisotopic (exact) mass is 262 g/mol. The van der Waals surface area contributed by atoms with E-state index in [1.165, 1.54) is 60.4 Å². The van der Waals surface area contributed by atoms with E-state index >= 15 is 0 Å². The normalized spacial score (nSPS) is 10.4. The Kier molecular flexibility index (Phi) is 7.75. The van der Waals surface area contributed by atoms with Crippen molar-refractivity contribution < 1.29 is 29.6 Å². The van der Waals surface area contributed by atoms with Gasteiger partial charge in [0.1, 0.15) is 0 Å². The van der Waals surface area contributed by atoms with Crippen molar-refractivity contribution in [3.05, 3.63) is 47.5 Å². The molecule has 0 nitrogen and oxygen atoms in total. The zero-order valence-corrected chi connectivity index (χ0v) is 14.6. The molecule has 0 saturated heterocycles. The molecule has 2 aromatic carbocycles. The van der Waals surface area contributed by atoms with Gasteiger partial charge in [-0.15, -0.1) is 46.2 Å². The molecule has 1 heteroatoms. The number of unbranched alkanes of at least 4 members (excludes halogenated alkanes) is 2.